The number of benzene rings is 1. The molecular weight excluding hydrogens is 348 g/mol. The lowest BCUT2D eigenvalue weighted by molar-refractivity contribution is -0.106. The highest BCUT2D eigenvalue weighted by molar-refractivity contribution is 5.99. The van der Waals surface area contributed by atoms with E-state index in [-0.39, 0.29) is 6.61 Å². The predicted octanol–water partition coefficient (Wildman–Crippen LogP) is 4.12. The zero-order valence-electron chi connectivity index (χ0n) is 16.2. The van der Waals surface area contributed by atoms with Gasteiger partial charge in [-0.15, -0.1) is 0 Å². The van der Waals surface area contributed by atoms with Crippen LogP contribution in [0, 0.1) is 5.92 Å². The topological polar surface area (TPSA) is 82.0 Å². The van der Waals surface area contributed by atoms with Gasteiger partial charge >= 0.3 is 5.63 Å². The van der Waals surface area contributed by atoms with E-state index in [9.17, 15) is 9.90 Å². The molecule has 3 rings (SSSR count). The Kier molecular flexibility index (Phi) is 5.58. The van der Waals surface area contributed by atoms with E-state index < -0.39 is 17.3 Å². The lowest BCUT2D eigenvalue weighted by atomic mass is 10.0. The molecule has 6 heteroatoms. The smallest absolute Gasteiger partial charge is 0.336 e. The second-order valence-electron chi connectivity index (χ2n) is 7.72. The fourth-order valence-corrected chi connectivity index (χ4v) is 2.80. The minimum atomic E-state index is -1.09. The van der Waals surface area contributed by atoms with Gasteiger partial charge in [0, 0.05) is 23.4 Å². The van der Waals surface area contributed by atoms with Crippen molar-refractivity contribution in [1.82, 2.24) is 0 Å². The molecule has 1 atom stereocenters. The molecule has 0 aliphatic rings. The summed E-state index contributed by atoms with van der Waals surface area (Å²) in [5.41, 5.74) is -0.745. The van der Waals surface area contributed by atoms with Crippen LogP contribution in [0.3, 0.4) is 0 Å². The highest BCUT2D eigenvalue weighted by Gasteiger charge is 2.29. The van der Waals surface area contributed by atoms with E-state index in [1.54, 1.807) is 26.2 Å². The van der Waals surface area contributed by atoms with Crippen LogP contribution < -0.4 is 10.4 Å². The van der Waals surface area contributed by atoms with Crippen LogP contribution in [0.1, 0.15) is 34.1 Å². The summed E-state index contributed by atoms with van der Waals surface area (Å²) in [7, 11) is 0. The van der Waals surface area contributed by atoms with Crippen molar-refractivity contribution < 1.29 is 23.4 Å². The van der Waals surface area contributed by atoms with Crippen LogP contribution in [-0.2, 0) is 4.74 Å². The number of hydrogen-bond donors (Lipinski definition) is 1. The lowest BCUT2D eigenvalue weighted by Crippen LogP contribution is -2.42. The van der Waals surface area contributed by atoms with Gasteiger partial charge in [0.05, 0.1) is 11.9 Å². The Morgan fingerprint density at radius 2 is 1.89 bits per heavy atom. The average Bonchev–Trinajstić information content (AvgIpc) is 3.04. The standard InChI is InChI=1S/C21H26O6/c1-13(2)7-9-24-16(21(3,4)23)12-26-20-18-15(8-10-25-18)11-14-5-6-17(22)27-19(14)20/h5-6,8,10-11,13,16,23H,7,9,12H2,1-4H3. The predicted molar refractivity (Wildman–Crippen MR) is 103 cm³/mol. The first-order valence-electron chi connectivity index (χ1n) is 9.16. The molecule has 2 heterocycles. The number of aliphatic hydroxyl groups is 1. The minimum Gasteiger partial charge on any atom is -0.483 e. The summed E-state index contributed by atoms with van der Waals surface area (Å²) in [6.07, 6.45) is 1.89. The van der Waals surface area contributed by atoms with Crippen LogP contribution in [0.4, 0.5) is 0 Å². The first kappa shape index (κ1) is 19.5. The third kappa shape index (κ3) is 4.51. The molecule has 27 heavy (non-hydrogen) atoms. The van der Waals surface area contributed by atoms with Gasteiger partial charge in [0.1, 0.15) is 12.7 Å². The monoisotopic (exact) mass is 374 g/mol. The maximum absolute atomic E-state index is 11.7. The molecule has 0 radical (unpaired) electrons. The minimum absolute atomic E-state index is 0.0924. The van der Waals surface area contributed by atoms with E-state index in [4.69, 9.17) is 18.3 Å². The van der Waals surface area contributed by atoms with Gasteiger partial charge in [0.25, 0.3) is 0 Å². The molecule has 0 saturated carbocycles. The zero-order chi connectivity index (χ0) is 19.6. The van der Waals surface area contributed by atoms with E-state index in [1.165, 1.54) is 6.07 Å². The number of hydrogen-bond acceptors (Lipinski definition) is 6. The van der Waals surface area contributed by atoms with Gasteiger partial charge in [-0.2, -0.15) is 0 Å². The van der Waals surface area contributed by atoms with Crippen molar-refractivity contribution in [2.24, 2.45) is 5.92 Å². The fraction of sp³-hybridized carbons (Fsp3) is 0.476. The second kappa shape index (κ2) is 7.74. The van der Waals surface area contributed by atoms with E-state index in [1.807, 2.05) is 12.1 Å². The van der Waals surface area contributed by atoms with E-state index in [0.29, 0.717) is 29.4 Å². The van der Waals surface area contributed by atoms with Crippen molar-refractivity contribution >= 4 is 21.9 Å². The van der Waals surface area contributed by atoms with E-state index in [2.05, 4.69) is 13.8 Å². The van der Waals surface area contributed by atoms with Gasteiger partial charge in [-0.3, -0.25) is 0 Å². The van der Waals surface area contributed by atoms with Crippen molar-refractivity contribution in [1.29, 1.82) is 0 Å². The Morgan fingerprint density at radius 3 is 2.59 bits per heavy atom. The molecule has 0 spiro atoms. The second-order valence-corrected chi connectivity index (χ2v) is 7.72. The molecule has 0 fully saturated rings. The van der Waals surface area contributed by atoms with Gasteiger partial charge in [0.2, 0.25) is 5.75 Å². The van der Waals surface area contributed by atoms with E-state index >= 15 is 0 Å². The van der Waals surface area contributed by atoms with Crippen LogP contribution in [0.15, 0.2) is 44.2 Å². The Labute approximate surface area is 157 Å². The summed E-state index contributed by atoms with van der Waals surface area (Å²) in [6.45, 7) is 8.21. The molecule has 1 N–H and O–H groups in total. The molecular formula is C21H26O6. The van der Waals surface area contributed by atoms with Crippen LogP contribution in [-0.4, -0.2) is 30.0 Å². The molecule has 0 amide bonds. The number of furan rings is 1. The summed E-state index contributed by atoms with van der Waals surface area (Å²) in [5, 5.41) is 12.0. The highest BCUT2D eigenvalue weighted by atomic mass is 16.5. The summed E-state index contributed by atoms with van der Waals surface area (Å²) in [4.78, 5) is 11.7. The first-order chi connectivity index (χ1) is 12.8. The van der Waals surface area contributed by atoms with Crippen LogP contribution in [0.5, 0.6) is 5.75 Å². The Bertz CT molecular complexity index is 960. The summed E-state index contributed by atoms with van der Waals surface area (Å²) < 4.78 is 22.7. The number of rotatable bonds is 8. The molecule has 6 nitrogen and oxygen atoms in total. The van der Waals surface area contributed by atoms with Crippen LogP contribution in [0.25, 0.3) is 21.9 Å². The van der Waals surface area contributed by atoms with Crippen LogP contribution >= 0.6 is 0 Å². The molecule has 0 aliphatic carbocycles. The number of fused-ring (bicyclic) bond motifs is 2. The normalized spacial score (nSPS) is 13.6. The molecule has 0 aliphatic heterocycles. The third-order valence-electron chi connectivity index (χ3n) is 4.46. The maximum atomic E-state index is 11.7. The van der Waals surface area contributed by atoms with Gasteiger partial charge < -0.3 is 23.4 Å². The largest absolute Gasteiger partial charge is 0.483 e. The lowest BCUT2D eigenvalue weighted by Gasteiger charge is -2.29. The van der Waals surface area contributed by atoms with Crippen molar-refractivity contribution in [3.63, 3.8) is 0 Å². The Morgan fingerprint density at radius 1 is 1.15 bits per heavy atom. The summed E-state index contributed by atoms with van der Waals surface area (Å²) >= 11 is 0. The van der Waals surface area contributed by atoms with Gasteiger partial charge in [-0.25, -0.2) is 4.79 Å². The van der Waals surface area contributed by atoms with Crippen molar-refractivity contribution in [2.45, 2.75) is 45.8 Å². The van der Waals surface area contributed by atoms with E-state index in [0.717, 1.165) is 17.2 Å². The third-order valence-corrected chi connectivity index (χ3v) is 4.46. The Hall–Kier alpha value is -2.31. The molecule has 146 valence electrons. The molecule has 3 aromatic rings. The molecule has 0 bridgehead atoms. The summed E-state index contributed by atoms with van der Waals surface area (Å²) in [5.74, 6) is 0.843. The SMILES string of the molecule is CC(C)CCOC(COc1c2occc2cc2ccc(=O)oc12)C(C)(C)O. The zero-order valence-corrected chi connectivity index (χ0v) is 16.2. The van der Waals surface area contributed by atoms with Crippen LogP contribution in [0.2, 0.25) is 0 Å². The molecule has 1 unspecified atom stereocenters. The van der Waals surface area contributed by atoms with Gasteiger partial charge in [-0.05, 0) is 44.4 Å². The van der Waals surface area contributed by atoms with Crippen molar-refractivity contribution in [3.05, 3.63) is 40.9 Å². The molecule has 0 saturated heterocycles. The molecule has 2 aromatic heterocycles. The van der Waals surface area contributed by atoms with Crippen molar-refractivity contribution in [2.75, 3.05) is 13.2 Å². The fourth-order valence-electron chi connectivity index (χ4n) is 2.80. The van der Waals surface area contributed by atoms with Crippen molar-refractivity contribution in [3.8, 4) is 5.75 Å². The highest BCUT2D eigenvalue weighted by Crippen LogP contribution is 2.35. The first-order valence-corrected chi connectivity index (χ1v) is 9.16. The number of ether oxygens (including phenoxy) is 2. The Balaban J connectivity index is 1.90. The quantitative estimate of drug-likeness (QED) is 0.597. The maximum Gasteiger partial charge on any atom is 0.336 e. The summed E-state index contributed by atoms with van der Waals surface area (Å²) in [6, 6.07) is 6.75. The van der Waals surface area contributed by atoms with Gasteiger partial charge in [-0.1, -0.05) is 13.8 Å². The molecule has 1 aromatic carbocycles. The van der Waals surface area contributed by atoms with Gasteiger partial charge in [0.15, 0.2) is 11.2 Å². The average molecular weight is 374 g/mol.